The van der Waals surface area contributed by atoms with Gasteiger partial charge in [0.05, 0.1) is 19.8 Å². The lowest BCUT2D eigenvalue weighted by Gasteiger charge is -2.38. The Kier molecular flexibility index (Phi) is 6.49. The van der Waals surface area contributed by atoms with Crippen LogP contribution in [0.3, 0.4) is 0 Å². The van der Waals surface area contributed by atoms with Crippen molar-refractivity contribution in [3.05, 3.63) is 29.8 Å². The molecule has 1 N–H and O–H groups in total. The summed E-state index contributed by atoms with van der Waals surface area (Å²) in [6.07, 6.45) is 1.03. The van der Waals surface area contributed by atoms with Crippen molar-refractivity contribution in [2.75, 3.05) is 64.0 Å². The minimum Gasteiger partial charge on any atom is -0.395 e. The number of nitrogens with zero attached hydrogens (tertiary/aromatic N) is 3. The largest absolute Gasteiger partial charge is 0.395 e. The average Bonchev–Trinajstić information content (AvgIpc) is 2.65. The van der Waals surface area contributed by atoms with Crippen LogP contribution >= 0.6 is 0 Å². The molecule has 2 saturated heterocycles. The molecule has 5 nitrogen and oxygen atoms in total. The zero-order valence-electron chi connectivity index (χ0n) is 14.9. The molecule has 1 aromatic carbocycles. The highest BCUT2D eigenvalue weighted by molar-refractivity contribution is 5.47. The zero-order chi connectivity index (χ0) is 16.8. The monoisotopic (exact) mass is 333 g/mol. The standard InChI is InChI=1S/C19H31N3O2/c1-2-18(16-23)21-9-7-20(8-10-21)15-17-3-5-19(6-4-17)22-11-13-24-14-12-22/h3-6,18,23H,2,7-16H2,1H3. The van der Waals surface area contributed by atoms with E-state index < -0.39 is 0 Å². The molecular weight excluding hydrogens is 302 g/mol. The molecule has 2 heterocycles. The molecule has 1 unspecified atom stereocenters. The lowest BCUT2D eigenvalue weighted by atomic mass is 10.1. The Hall–Kier alpha value is -1.14. The predicted molar refractivity (Wildman–Crippen MR) is 97.5 cm³/mol. The lowest BCUT2D eigenvalue weighted by molar-refractivity contribution is 0.0608. The van der Waals surface area contributed by atoms with Gasteiger partial charge in [-0.05, 0) is 24.1 Å². The summed E-state index contributed by atoms with van der Waals surface area (Å²) in [7, 11) is 0. The third kappa shape index (κ3) is 4.48. The van der Waals surface area contributed by atoms with Crippen LogP contribution in [0.15, 0.2) is 24.3 Å². The van der Waals surface area contributed by atoms with E-state index in [2.05, 4.69) is 45.9 Å². The molecule has 5 heteroatoms. The van der Waals surface area contributed by atoms with E-state index in [4.69, 9.17) is 4.74 Å². The minimum atomic E-state index is 0.277. The zero-order valence-corrected chi connectivity index (χ0v) is 14.9. The number of piperazine rings is 1. The van der Waals surface area contributed by atoms with Crippen molar-refractivity contribution < 1.29 is 9.84 Å². The summed E-state index contributed by atoms with van der Waals surface area (Å²) in [4.78, 5) is 7.34. The van der Waals surface area contributed by atoms with Gasteiger partial charge in [0.1, 0.15) is 0 Å². The summed E-state index contributed by atoms with van der Waals surface area (Å²) in [5.41, 5.74) is 2.69. The maximum absolute atomic E-state index is 9.45. The Bertz CT molecular complexity index is 476. The van der Waals surface area contributed by atoms with Crippen LogP contribution in [0.2, 0.25) is 0 Å². The third-order valence-corrected chi connectivity index (χ3v) is 5.32. The van der Waals surface area contributed by atoms with Gasteiger partial charge in [-0.1, -0.05) is 19.1 Å². The first-order valence-corrected chi connectivity index (χ1v) is 9.29. The van der Waals surface area contributed by atoms with E-state index in [1.165, 1.54) is 11.3 Å². The van der Waals surface area contributed by atoms with Gasteiger partial charge in [-0.25, -0.2) is 0 Å². The number of aliphatic hydroxyl groups is 1. The summed E-state index contributed by atoms with van der Waals surface area (Å²) in [5, 5.41) is 9.45. The Balaban J connectivity index is 1.48. The van der Waals surface area contributed by atoms with Crippen LogP contribution in [0.5, 0.6) is 0 Å². The van der Waals surface area contributed by atoms with E-state index in [0.29, 0.717) is 6.04 Å². The van der Waals surface area contributed by atoms with Gasteiger partial charge in [-0.15, -0.1) is 0 Å². The molecule has 1 aromatic rings. The second-order valence-corrected chi connectivity index (χ2v) is 6.82. The molecule has 0 bridgehead atoms. The summed E-state index contributed by atoms with van der Waals surface area (Å²) in [6.45, 7) is 11.4. The van der Waals surface area contributed by atoms with Crippen LogP contribution < -0.4 is 4.90 Å². The number of aliphatic hydroxyl groups excluding tert-OH is 1. The number of ether oxygens (including phenoxy) is 1. The van der Waals surface area contributed by atoms with E-state index in [1.54, 1.807) is 0 Å². The van der Waals surface area contributed by atoms with E-state index in [1.807, 2.05) is 0 Å². The quantitative estimate of drug-likeness (QED) is 0.852. The third-order valence-electron chi connectivity index (χ3n) is 5.32. The van der Waals surface area contributed by atoms with Crippen LogP contribution in [0.1, 0.15) is 18.9 Å². The normalized spacial score (nSPS) is 21.8. The van der Waals surface area contributed by atoms with Crippen molar-refractivity contribution in [1.82, 2.24) is 9.80 Å². The summed E-state index contributed by atoms with van der Waals surface area (Å²) in [5.74, 6) is 0. The number of hydrogen-bond donors (Lipinski definition) is 1. The van der Waals surface area contributed by atoms with E-state index in [-0.39, 0.29) is 6.61 Å². The molecule has 3 rings (SSSR count). The first kappa shape index (κ1) is 17.7. The van der Waals surface area contributed by atoms with Crippen molar-refractivity contribution in [2.45, 2.75) is 25.9 Å². The van der Waals surface area contributed by atoms with Crippen molar-refractivity contribution in [3.63, 3.8) is 0 Å². The molecule has 2 fully saturated rings. The van der Waals surface area contributed by atoms with Gasteiger partial charge in [0, 0.05) is 57.5 Å². The fourth-order valence-corrected chi connectivity index (χ4v) is 3.68. The van der Waals surface area contributed by atoms with Gasteiger partial charge in [-0.3, -0.25) is 9.80 Å². The number of benzene rings is 1. The van der Waals surface area contributed by atoms with Gasteiger partial charge < -0.3 is 14.7 Å². The Morgan fingerprint density at radius 2 is 1.67 bits per heavy atom. The second-order valence-electron chi connectivity index (χ2n) is 6.82. The molecule has 0 aliphatic carbocycles. The highest BCUT2D eigenvalue weighted by Crippen LogP contribution is 2.18. The van der Waals surface area contributed by atoms with Crippen molar-refractivity contribution in [1.29, 1.82) is 0 Å². The average molecular weight is 333 g/mol. The molecule has 0 spiro atoms. The van der Waals surface area contributed by atoms with E-state index in [9.17, 15) is 5.11 Å². The van der Waals surface area contributed by atoms with Crippen molar-refractivity contribution in [2.24, 2.45) is 0 Å². The topological polar surface area (TPSA) is 39.2 Å². The van der Waals surface area contributed by atoms with Crippen LogP contribution in [-0.4, -0.2) is 80.0 Å². The minimum absolute atomic E-state index is 0.277. The summed E-state index contributed by atoms with van der Waals surface area (Å²) in [6, 6.07) is 9.35. The van der Waals surface area contributed by atoms with Crippen LogP contribution in [0.4, 0.5) is 5.69 Å². The lowest BCUT2D eigenvalue weighted by Crippen LogP contribution is -2.50. The number of morpholine rings is 1. The molecule has 2 aliphatic rings. The molecule has 0 radical (unpaired) electrons. The second kappa shape index (κ2) is 8.81. The Morgan fingerprint density at radius 3 is 2.25 bits per heavy atom. The van der Waals surface area contributed by atoms with Crippen molar-refractivity contribution in [3.8, 4) is 0 Å². The number of anilines is 1. The fourth-order valence-electron chi connectivity index (χ4n) is 3.68. The maximum Gasteiger partial charge on any atom is 0.0642 e. The smallest absolute Gasteiger partial charge is 0.0642 e. The summed E-state index contributed by atoms with van der Waals surface area (Å²) >= 11 is 0. The highest BCUT2D eigenvalue weighted by Gasteiger charge is 2.22. The first-order chi connectivity index (χ1) is 11.8. The van der Waals surface area contributed by atoms with Gasteiger partial charge in [0.25, 0.3) is 0 Å². The van der Waals surface area contributed by atoms with Crippen LogP contribution in [0, 0.1) is 0 Å². The maximum atomic E-state index is 9.45. The van der Waals surface area contributed by atoms with Crippen molar-refractivity contribution >= 4 is 5.69 Å². The van der Waals surface area contributed by atoms with Crippen LogP contribution in [-0.2, 0) is 11.3 Å². The van der Waals surface area contributed by atoms with E-state index in [0.717, 1.165) is 65.4 Å². The summed E-state index contributed by atoms with van der Waals surface area (Å²) < 4.78 is 5.42. The molecule has 134 valence electrons. The Labute approximate surface area is 145 Å². The molecule has 0 aromatic heterocycles. The fraction of sp³-hybridized carbons (Fsp3) is 0.684. The van der Waals surface area contributed by atoms with E-state index >= 15 is 0 Å². The predicted octanol–water partition coefficient (Wildman–Crippen LogP) is 1.41. The molecule has 0 amide bonds. The van der Waals surface area contributed by atoms with Gasteiger partial charge in [0.2, 0.25) is 0 Å². The molecule has 2 aliphatic heterocycles. The molecular formula is C19H31N3O2. The van der Waals surface area contributed by atoms with Gasteiger partial charge in [0.15, 0.2) is 0 Å². The van der Waals surface area contributed by atoms with Gasteiger partial charge >= 0.3 is 0 Å². The van der Waals surface area contributed by atoms with Crippen LogP contribution in [0.25, 0.3) is 0 Å². The SMILES string of the molecule is CCC(CO)N1CCN(Cc2ccc(N3CCOCC3)cc2)CC1. The highest BCUT2D eigenvalue weighted by atomic mass is 16.5. The first-order valence-electron chi connectivity index (χ1n) is 9.29. The Morgan fingerprint density at radius 1 is 1.00 bits per heavy atom. The molecule has 1 atom stereocenters. The molecule has 24 heavy (non-hydrogen) atoms. The molecule has 0 saturated carbocycles. The van der Waals surface area contributed by atoms with Gasteiger partial charge in [-0.2, -0.15) is 0 Å². The number of rotatable bonds is 6. The number of hydrogen-bond acceptors (Lipinski definition) is 5.